The Balaban J connectivity index is 0.00000400. The minimum absolute atomic E-state index is 0. The highest BCUT2D eigenvalue weighted by atomic mass is 35.5. The summed E-state index contributed by atoms with van der Waals surface area (Å²) in [6.45, 7) is 4.10. The fourth-order valence-corrected chi connectivity index (χ4v) is 2.12. The highest BCUT2D eigenvalue weighted by molar-refractivity contribution is 6.42. The Labute approximate surface area is 141 Å². The Morgan fingerprint density at radius 3 is 2.48 bits per heavy atom. The van der Waals surface area contributed by atoms with Gasteiger partial charge in [0, 0.05) is 13.7 Å². The van der Waals surface area contributed by atoms with E-state index in [9.17, 15) is 4.79 Å². The number of nitrogens with two attached hydrogens (primary N) is 1. The quantitative estimate of drug-likeness (QED) is 0.824. The lowest BCUT2D eigenvalue weighted by atomic mass is 9.94. The van der Waals surface area contributed by atoms with Gasteiger partial charge in [0.15, 0.2) is 0 Å². The minimum Gasteiger partial charge on any atom is -0.380 e. The second kappa shape index (κ2) is 8.81. The van der Waals surface area contributed by atoms with E-state index in [1.54, 1.807) is 12.1 Å². The second-order valence-electron chi connectivity index (χ2n) is 5.10. The smallest absolute Gasteiger partial charge is 0.223 e. The van der Waals surface area contributed by atoms with Crippen LogP contribution < -0.4 is 11.1 Å². The summed E-state index contributed by atoms with van der Waals surface area (Å²) in [4.78, 5) is 12.0. The van der Waals surface area contributed by atoms with Gasteiger partial charge in [0.2, 0.25) is 5.91 Å². The molecule has 1 rings (SSSR count). The molecule has 0 bridgehead atoms. The monoisotopic (exact) mass is 354 g/mol. The number of nitrogens with one attached hydrogen (secondary N) is 1. The molecule has 1 unspecified atom stereocenters. The molecule has 0 spiro atoms. The summed E-state index contributed by atoms with van der Waals surface area (Å²) >= 11 is 11.9. The Morgan fingerprint density at radius 2 is 2.00 bits per heavy atom. The van der Waals surface area contributed by atoms with Crippen molar-refractivity contribution in [1.82, 2.24) is 5.32 Å². The molecule has 0 aliphatic carbocycles. The lowest BCUT2D eigenvalue weighted by Gasteiger charge is -2.28. The van der Waals surface area contributed by atoms with Crippen molar-refractivity contribution < 1.29 is 9.53 Å². The number of halogens is 3. The summed E-state index contributed by atoms with van der Waals surface area (Å²) in [6, 6.07) is 5.30. The van der Waals surface area contributed by atoms with Gasteiger partial charge in [0.25, 0.3) is 0 Å². The Morgan fingerprint density at radius 1 is 1.38 bits per heavy atom. The van der Waals surface area contributed by atoms with Gasteiger partial charge in [-0.3, -0.25) is 4.79 Å². The molecular formula is C14H21Cl3N2O2. The first-order valence-corrected chi connectivity index (χ1v) is 7.05. The Kier molecular flexibility index (Phi) is 8.59. The third-order valence-corrected chi connectivity index (χ3v) is 3.84. The summed E-state index contributed by atoms with van der Waals surface area (Å²) in [5, 5.41) is 3.89. The Bertz CT molecular complexity index is 477. The predicted octanol–water partition coefficient (Wildman–Crippen LogP) is 3.13. The van der Waals surface area contributed by atoms with Crippen molar-refractivity contribution in [2.24, 2.45) is 5.73 Å². The van der Waals surface area contributed by atoms with Crippen molar-refractivity contribution in [1.29, 1.82) is 0 Å². The van der Waals surface area contributed by atoms with E-state index < -0.39 is 5.54 Å². The normalized spacial score (nSPS) is 12.5. The van der Waals surface area contributed by atoms with Gasteiger partial charge in [-0.05, 0) is 31.5 Å². The summed E-state index contributed by atoms with van der Waals surface area (Å²) in [7, 11) is 1.54. The number of methoxy groups -OCH3 is 1. The zero-order valence-electron chi connectivity index (χ0n) is 12.3. The van der Waals surface area contributed by atoms with Gasteiger partial charge in [-0.15, -0.1) is 12.4 Å². The van der Waals surface area contributed by atoms with Crippen LogP contribution >= 0.6 is 35.6 Å². The summed E-state index contributed by atoms with van der Waals surface area (Å²) < 4.78 is 5.10. The molecule has 3 N–H and O–H groups in total. The number of ether oxygens (including phenoxy) is 1. The lowest BCUT2D eigenvalue weighted by molar-refractivity contribution is -0.125. The maximum absolute atomic E-state index is 12.0. The van der Waals surface area contributed by atoms with Crippen LogP contribution in [0.3, 0.4) is 0 Å². The van der Waals surface area contributed by atoms with E-state index in [1.165, 1.54) is 7.11 Å². The van der Waals surface area contributed by atoms with Crippen molar-refractivity contribution >= 4 is 41.5 Å². The van der Waals surface area contributed by atoms with Gasteiger partial charge in [0.05, 0.1) is 28.1 Å². The standard InChI is InChI=1S/C14H20Cl2N2O2.ClH/c1-14(2,9-4-5-11(15)12(16)6-9)18-13(19)7-10(8-17)20-3;/h4-6,10H,7-8,17H2,1-3H3,(H,18,19);1H. The number of hydrogen-bond donors (Lipinski definition) is 2. The molecule has 0 radical (unpaired) electrons. The average molecular weight is 356 g/mol. The lowest BCUT2D eigenvalue weighted by Crippen LogP contribution is -2.43. The first kappa shape index (κ1) is 20.5. The van der Waals surface area contributed by atoms with Crippen molar-refractivity contribution in [2.45, 2.75) is 31.9 Å². The van der Waals surface area contributed by atoms with E-state index in [0.717, 1.165) is 5.56 Å². The highest BCUT2D eigenvalue weighted by Crippen LogP contribution is 2.28. The summed E-state index contributed by atoms with van der Waals surface area (Å²) in [6.07, 6.45) is -0.0582. The summed E-state index contributed by atoms with van der Waals surface area (Å²) in [5.41, 5.74) is 5.83. The van der Waals surface area contributed by atoms with Crippen LogP contribution in [0.1, 0.15) is 25.8 Å². The molecule has 0 aromatic heterocycles. The van der Waals surface area contributed by atoms with E-state index in [4.69, 9.17) is 33.7 Å². The molecule has 0 saturated carbocycles. The molecule has 1 atom stereocenters. The van der Waals surface area contributed by atoms with E-state index in [-0.39, 0.29) is 30.8 Å². The SMILES string of the molecule is COC(CN)CC(=O)NC(C)(C)c1ccc(Cl)c(Cl)c1.Cl. The van der Waals surface area contributed by atoms with Crippen molar-refractivity contribution in [3.8, 4) is 0 Å². The maximum atomic E-state index is 12.0. The van der Waals surface area contributed by atoms with Crippen LogP contribution in [-0.2, 0) is 15.1 Å². The van der Waals surface area contributed by atoms with Crippen LogP contribution in [-0.4, -0.2) is 25.7 Å². The molecule has 120 valence electrons. The van der Waals surface area contributed by atoms with Crippen molar-refractivity contribution in [2.75, 3.05) is 13.7 Å². The molecule has 0 aliphatic rings. The second-order valence-corrected chi connectivity index (χ2v) is 5.91. The van der Waals surface area contributed by atoms with Crippen LogP contribution in [0, 0.1) is 0 Å². The van der Waals surface area contributed by atoms with E-state index in [0.29, 0.717) is 16.6 Å². The molecule has 4 nitrogen and oxygen atoms in total. The fourth-order valence-electron chi connectivity index (χ4n) is 1.83. The largest absolute Gasteiger partial charge is 0.380 e. The molecule has 1 aromatic rings. The van der Waals surface area contributed by atoms with Crippen LogP contribution in [0.15, 0.2) is 18.2 Å². The average Bonchev–Trinajstić information content (AvgIpc) is 2.38. The highest BCUT2D eigenvalue weighted by Gasteiger charge is 2.24. The van der Waals surface area contributed by atoms with Crippen molar-refractivity contribution in [3.63, 3.8) is 0 Å². The molecule has 0 fully saturated rings. The van der Waals surface area contributed by atoms with Crippen LogP contribution in [0.2, 0.25) is 10.0 Å². The van der Waals surface area contributed by atoms with E-state index >= 15 is 0 Å². The molecule has 0 heterocycles. The molecule has 21 heavy (non-hydrogen) atoms. The third kappa shape index (κ3) is 6.01. The topological polar surface area (TPSA) is 64.3 Å². The maximum Gasteiger partial charge on any atom is 0.223 e. The zero-order valence-corrected chi connectivity index (χ0v) is 14.6. The number of rotatable bonds is 6. The molecule has 0 saturated heterocycles. The molecule has 7 heteroatoms. The molecule has 1 aromatic carbocycles. The van der Waals surface area contributed by atoms with Crippen molar-refractivity contribution in [3.05, 3.63) is 33.8 Å². The van der Waals surface area contributed by atoms with Gasteiger partial charge in [-0.2, -0.15) is 0 Å². The number of amides is 1. The number of hydrogen-bond acceptors (Lipinski definition) is 3. The predicted molar refractivity (Wildman–Crippen MR) is 89.3 cm³/mol. The van der Waals surface area contributed by atoms with Gasteiger partial charge in [0.1, 0.15) is 0 Å². The third-order valence-electron chi connectivity index (χ3n) is 3.10. The van der Waals surface area contributed by atoms with E-state index in [2.05, 4.69) is 5.32 Å². The Hall–Kier alpha value is -0.520. The molecular weight excluding hydrogens is 335 g/mol. The van der Waals surface area contributed by atoms with E-state index in [1.807, 2.05) is 19.9 Å². The summed E-state index contributed by atoms with van der Waals surface area (Å²) in [5.74, 6) is -0.127. The minimum atomic E-state index is -0.557. The number of carbonyl (C=O) groups excluding carboxylic acids is 1. The first-order chi connectivity index (χ1) is 9.30. The molecule has 1 amide bonds. The van der Waals surface area contributed by atoms with Crippen LogP contribution in [0.5, 0.6) is 0 Å². The van der Waals surface area contributed by atoms with Gasteiger partial charge in [-0.25, -0.2) is 0 Å². The van der Waals surface area contributed by atoms with Gasteiger partial charge < -0.3 is 15.8 Å². The van der Waals surface area contributed by atoms with Gasteiger partial charge in [-0.1, -0.05) is 29.3 Å². The first-order valence-electron chi connectivity index (χ1n) is 6.29. The zero-order chi connectivity index (χ0) is 15.3. The van der Waals surface area contributed by atoms with Crippen LogP contribution in [0.4, 0.5) is 0 Å². The van der Waals surface area contributed by atoms with Crippen LogP contribution in [0.25, 0.3) is 0 Å². The molecule has 0 aliphatic heterocycles. The van der Waals surface area contributed by atoms with Gasteiger partial charge >= 0.3 is 0 Å². The number of benzene rings is 1. The fraction of sp³-hybridized carbons (Fsp3) is 0.500. The number of carbonyl (C=O) groups is 1.